The SMILES string of the molecule is C#CCn1cc(Br)cn1. The van der Waals surface area contributed by atoms with Gasteiger partial charge in [0.15, 0.2) is 0 Å². The Bertz CT molecular complexity index is 233. The lowest BCUT2D eigenvalue weighted by molar-refractivity contribution is 0.715. The number of rotatable bonds is 1. The molecule has 46 valence electrons. The van der Waals surface area contributed by atoms with Gasteiger partial charge in [-0.2, -0.15) is 5.10 Å². The van der Waals surface area contributed by atoms with Crippen molar-refractivity contribution in [1.29, 1.82) is 0 Å². The van der Waals surface area contributed by atoms with Gasteiger partial charge in [-0.1, -0.05) is 5.92 Å². The quantitative estimate of drug-likeness (QED) is 0.602. The Hall–Kier alpha value is -0.750. The van der Waals surface area contributed by atoms with Crippen molar-refractivity contribution in [3.8, 4) is 12.3 Å². The first-order chi connectivity index (χ1) is 4.33. The van der Waals surface area contributed by atoms with E-state index in [1.807, 2.05) is 6.20 Å². The third-order valence-corrected chi connectivity index (χ3v) is 1.26. The molecule has 2 nitrogen and oxygen atoms in total. The van der Waals surface area contributed by atoms with Gasteiger partial charge in [-0.15, -0.1) is 6.42 Å². The average Bonchev–Trinajstić information content (AvgIpc) is 2.17. The molecule has 0 fully saturated rings. The molecular formula is C6H5BrN2. The van der Waals surface area contributed by atoms with E-state index in [4.69, 9.17) is 6.42 Å². The van der Waals surface area contributed by atoms with E-state index in [0.29, 0.717) is 6.54 Å². The molecular weight excluding hydrogens is 180 g/mol. The molecule has 0 aliphatic rings. The summed E-state index contributed by atoms with van der Waals surface area (Å²) >= 11 is 3.25. The highest BCUT2D eigenvalue weighted by Crippen LogP contribution is 2.05. The lowest BCUT2D eigenvalue weighted by atomic mass is 10.7. The van der Waals surface area contributed by atoms with E-state index in [0.717, 1.165) is 4.47 Å². The van der Waals surface area contributed by atoms with Crippen molar-refractivity contribution in [3.05, 3.63) is 16.9 Å². The second-order valence-electron chi connectivity index (χ2n) is 1.56. The number of hydrogen-bond donors (Lipinski definition) is 0. The van der Waals surface area contributed by atoms with Crippen molar-refractivity contribution >= 4 is 15.9 Å². The van der Waals surface area contributed by atoms with Gasteiger partial charge in [0.25, 0.3) is 0 Å². The van der Waals surface area contributed by atoms with Crippen molar-refractivity contribution in [1.82, 2.24) is 9.78 Å². The van der Waals surface area contributed by atoms with Crippen LogP contribution in [0.15, 0.2) is 16.9 Å². The summed E-state index contributed by atoms with van der Waals surface area (Å²) in [5.74, 6) is 2.48. The summed E-state index contributed by atoms with van der Waals surface area (Å²) in [7, 11) is 0. The second kappa shape index (κ2) is 2.70. The Balaban J connectivity index is 2.76. The summed E-state index contributed by atoms with van der Waals surface area (Å²) in [5.41, 5.74) is 0. The molecule has 1 heterocycles. The molecule has 0 amide bonds. The number of hydrogen-bond acceptors (Lipinski definition) is 1. The van der Waals surface area contributed by atoms with Gasteiger partial charge in [0.05, 0.1) is 10.7 Å². The van der Waals surface area contributed by atoms with Crippen molar-refractivity contribution in [2.24, 2.45) is 0 Å². The summed E-state index contributed by atoms with van der Waals surface area (Å²) in [4.78, 5) is 0. The van der Waals surface area contributed by atoms with Gasteiger partial charge in [-0.05, 0) is 15.9 Å². The molecule has 0 saturated heterocycles. The van der Waals surface area contributed by atoms with Crippen molar-refractivity contribution < 1.29 is 0 Å². The molecule has 0 saturated carbocycles. The third kappa shape index (κ3) is 1.58. The first-order valence-electron chi connectivity index (χ1n) is 2.44. The van der Waals surface area contributed by atoms with Crippen LogP contribution in [0.3, 0.4) is 0 Å². The van der Waals surface area contributed by atoms with E-state index in [9.17, 15) is 0 Å². The second-order valence-corrected chi connectivity index (χ2v) is 2.48. The Morgan fingerprint density at radius 2 is 2.67 bits per heavy atom. The highest BCUT2D eigenvalue weighted by Gasteiger charge is 1.89. The smallest absolute Gasteiger partial charge is 0.101 e. The Morgan fingerprint density at radius 1 is 1.89 bits per heavy atom. The maximum absolute atomic E-state index is 5.04. The van der Waals surface area contributed by atoms with Gasteiger partial charge in [-0.25, -0.2) is 0 Å². The minimum atomic E-state index is 0.533. The zero-order valence-corrected chi connectivity index (χ0v) is 6.30. The van der Waals surface area contributed by atoms with Gasteiger partial charge in [0, 0.05) is 6.20 Å². The maximum Gasteiger partial charge on any atom is 0.101 e. The molecule has 0 N–H and O–H groups in total. The summed E-state index contributed by atoms with van der Waals surface area (Å²) < 4.78 is 2.64. The molecule has 0 atom stereocenters. The molecule has 0 unspecified atom stereocenters. The fourth-order valence-electron chi connectivity index (χ4n) is 0.518. The van der Waals surface area contributed by atoms with Crippen LogP contribution in [0.25, 0.3) is 0 Å². The van der Waals surface area contributed by atoms with Crippen molar-refractivity contribution in [3.63, 3.8) is 0 Å². The largest absolute Gasteiger partial charge is 0.260 e. The number of terminal acetylenes is 1. The minimum absolute atomic E-state index is 0.533. The van der Waals surface area contributed by atoms with E-state index in [-0.39, 0.29) is 0 Å². The molecule has 1 aromatic heterocycles. The summed E-state index contributed by atoms with van der Waals surface area (Å²) in [6, 6.07) is 0. The molecule has 3 heteroatoms. The first kappa shape index (κ1) is 6.37. The van der Waals surface area contributed by atoms with Gasteiger partial charge >= 0.3 is 0 Å². The van der Waals surface area contributed by atoms with Gasteiger partial charge in [-0.3, -0.25) is 4.68 Å². The summed E-state index contributed by atoms with van der Waals surface area (Å²) in [6.07, 6.45) is 8.58. The van der Waals surface area contributed by atoms with Crippen molar-refractivity contribution in [2.45, 2.75) is 6.54 Å². The fourth-order valence-corrected chi connectivity index (χ4v) is 0.846. The fraction of sp³-hybridized carbons (Fsp3) is 0.167. The van der Waals surface area contributed by atoms with E-state index in [1.54, 1.807) is 10.9 Å². The molecule has 0 aliphatic heterocycles. The topological polar surface area (TPSA) is 17.8 Å². The average molecular weight is 185 g/mol. The predicted molar refractivity (Wildman–Crippen MR) is 38.8 cm³/mol. The molecule has 9 heavy (non-hydrogen) atoms. The van der Waals surface area contributed by atoms with Crippen LogP contribution in [0.4, 0.5) is 0 Å². The van der Waals surface area contributed by atoms with Crippen LogP contribution in [-0.4, -0.2) is 9.78 Å². The molecule has 1 aromatic rings. The van der Waals surface area contributed by atoms with E-state index < -0.39 is 0 Å². The number of nitrogens with zero attached hydrogens (tertiary/aromatic N) is 2. The van der Waals surface area contributed by atoms with Crippen LogP contribution in [0.1, 0.15) is 0 Å². The first-order valence-corrected chi connectivity index (χ1v) is 3.23. The predicted octanol–water partition coefficient (Wildman–Crippen LogP) is 1.28. The molecule has 0 aliphatic carbocycles. The van der Waals surface area contributed by atoms with Crippen LogP contribution in [-0.2, 0) is 6.54 Å². The number of aromatic nitrogens is 2. The van der Waals surface area contributed by atoms with Crippen LogP contribution in [0, 0.1) is 12.3 Å². The monoisotopic (exact) mass is 184 g/mol. The van der Waals surface area contributed by atoms with Crippen LogP contribution in [0.5, 0.6) is 0 Å². The Labute approximate surface area is 62.0 Å². The lowest BCUT2D eigenvalue weighted by Crippen LogP contribution is -1.93. The standard InChI is InChI=1S/C6H5BrN2/c1-2-3-9-5-6(7)4-8-9/h1,4-5H,3H2. The van der Waals surface area contributed by atoms with Gasteiger partial charge in [0.1, 0.15) is 6.54 Å². The zero-order valence-electron chi connectivity index (χ0n) is 4.71. The van der Waals surface area contributed by atoms with Crippen LogP contribution in [0.2, 0.25) is 0 Å². The van der Waals surface area contributed by atoms with Gasteiger partial charge < -0.3 is 0 Å². The molecule has 0 aromatic carbocycles. The lowest BCUT2D eigenvalue weighted by Gasteiger charge is -1.87. The van der Waals surface area contributed by atoms with E-state index >= 15 is 0 Å². The highest BCUT2D eigenvalue weighted by atomic mass is 79.9. The third-order valence-electron chi connectivity index (χ3n) is 0.855. The molecule has 0 radical (unpaired) electrons. The van der Waals surface area contributed by atoms with Gasteiger partial charge in [0.2, 0.25) is 0 Å². The van der Waals surface area contributed by atoms with Crippen LogP contribution < -0.4 is 0 Å². The van der Waals surface area contributed by atoms with Crippen molar-refractivity contribution in [2.75, 3.05) is 0 Å². The maximum atomic E-state index is 5.04. The molecule has 0 spiro atoms. The highest BCUT2D eigenvalue weighted by molar-refractivity contribution is 9.10. The summed E-state index contributed by atoms with van der Waals surface area (Å²) in [5, 5.41) is 3.93. The van der Waals surface area contributed by atoms with E-state index in [1.165, 1.54) is 0 Å². The van der Waals surface area contributed by atoms with E-state index in [2.05, 4.69) is 26.9 Å². The molecule has 0 bridgehead atoms. The normalized spacial score (nSPS) is 8.89. The number of halogens is 1. The van der Waals surface area contributed by atoms with Crippen LogP contribution >= 0.6 is 15.9 Å². The Morgan fingerprint density at radius 3 is 3.11 bits per heavy atom. The Kier molecular flexibility index (Phi) is 1.91. The minimum Gasteiger partial charge on any atom is -0.260 e. The zero-order chi connectivity index (χ0) is 6.69. The molecule has 1 rings (SSSR count). The summed E-state index contributed by atoms with van der Waals surface area (Å²) in [6.45, 7) is 0.533.